The van der Waals surface area contributed by atoms with Crippen LogP contribution in [0.4, 0.5) is 0 Å². The van der Waals surface area contributed by atoms with Gasteiger partial charge in [-0.1, -0.05) is 0 Å². The Hall–Kier alpha value is -1.14. The normalized spacial score (nSPS) is 25.3. The maximum absolute atomic E-state index is 12.1. The van der Waals surface area contributed by atoms with E-state index >= 15 is 0 Å². The van der Waals surface area contributed by atoms with Crippen LogP contribution in [0.5, 0.6) is 0 Å². The molecule has 0 radical (unpaired) electrons. The Bertz CT molecular complexity index is 315. The highest BCUT2D eigenvalue weighted by atomic mass is 16.5. The van der Waals surface area contributed by atoms with E-state index in [2.05, 4.69) is 0 Å². The van der Waals surface area contributed by atoms with Crippen molar-refractivity contribution in [1.82, 2.24) is 9.80 Å². The van der Waals surface area contributed by atoms with E-state index in [1.807, 2.05) is 4.90 Å². The summed E-state index contributed by atoms with van der Waals surface area (Å²) in [6.07, 6.45) is 1.99. The van der Waals surface area contributed by atoms with Crippen LogP contribution in [0.15, 0.2) is 0 Å². The van der Waals surface area contributed by atoms with Crippen molar-refractivity contribution in [3.8, 4) is 0 Å². The molecule has 6 heteroatoms. The fourth-order valence-corrected chi connectivity index (χ4v) is 2.62. The summed E-state index contributed by atoms with van der Waals surface area (Å²) >= 11 is 0. The van der Waals surface area contributed by atoms with E-state index in [0.29, 0.717) is 32.8 Å². The Kier molecular flexibility index (Phi) is 4.54. The molecule has 2 aliphatic heterocycles. The molecule has 0 aromatic heterocycles. The quantitative estimate of drug-likeness (QED) is 0.753. The summed E-state index contributed by atoms with van der Waals surface area (Å²) in [6.45, 7) is 3.67. The molecule has 0 aliphatic carbocycles. The van der Waals surface area contributed by atoms with E-state index in [-0.39, 0.29) is 18.4 Å². The Morgan fingerprint density at radius 2 is 1.94 bits per heavy atom. The third kappa shape index (κ3) is 3.43. The van der Waals surface area contributed by atoms with Crippen molar-refractivity contribution in [1.29, 1.82) is 0 Å². The minimum atomic E-state index is -0.786. The fraction of sp³-hybridized carbons (Fsp3) is 0.833. The fourth-order valence-electron chi connectivity index (χ4n) is 2.62. The molecule has 1 amide bonds. The molecule has 1 unspecified atom stereocenters. The third-order valence-corrected chi connectivity index (χ3v) is 3.61. The molecule has 102 valence electrons. The minimum Gasteiger partial charge on any atom is -0.481 e. The van der Waals surface area contributed by atoms with Gasteiger partial charge in [-0.2, -0.15) is 0 Å². The molecule has 2 aliphatic rings. The number of carbonyl (C=O) groups is 2. The van der Waals surface area contributed by atoms with Crippen LogP contribution < -0.4 is 0 Å². The first kappa shape index (κ1) is 13.3. The van der Waals surface area contributed by atoms with Gasteiger partial charge >= 0.3 is 5.97 Å². The van der Waals surface area contributed by atoms with Gasteiger partial charge in [-0.3, -0.25) is 14.5 Å². The number of carboxylic acid groups (broad SMARTS) is 1. The molecule has 2 rings (SSSR count). The van der Waals surface area contributed by atoms with Crippen molar-refractivity contribution in [2.75, 3.05) is 39.4 Å². The molecule has 1 atom stereocenters. The highest BCUT2D eigenvalue weighted by molar-refractivity contribution is 5.78. The molecule has 0 aromatic carbocycles. The molecule has 2 saturated heterocycles. The van der Waals surface area contributed by atoms with Crippen molar-refractivity contribution in [2.24, 2.45) is 0 Å². The summed E-state index contributed by atoms with van der Waals surface area (Å²) in [6, 6.07) is 0.0208. The van der Waals surface area contributed by atoms with Crippen molar-refractivity contribution in [3.63, 3.8) is 0 Å². The van der Waals surface area contributed by atoms with Gasteiger partial charge in [0.15, 0.2) is 0 Å². The minimum absolute atomic E-state index is 0.0208. The number of carboxylic acids is 1. The van der Waals surface area contributed by atoms with Crippen LogP contribution in [0.2, 0.25) is 0 Å². The van der Waals surface area contributed by atoms with E-state index < -0.39 is 5.97 Å². The smallest absolute Gasteiger partial charge is 0.304 e. The molecule has 1 N–H and O–H groups in total. The lowest BCUT2D eigenvalue weighted by atomic mass is 10.1. The van der Waals surface area contributed by atoms with Crippen molar-refractivity contribution >= 4 is 11.9 Å². The number of amides is 1. The molecule has 0 spiro atoms. The van der Waals surface area contributed by atoms with Gasteiger partial charge in [0.25, 0.3) is 0 Å². The second-order valence-electron chi connectivity index (χ2n) is 4.86. The van der Waals surface area contributed by atoms with Crippen LogP contribution in [0.3, 0.4) is 0 Å². The Balaban J connectivity index is 1.83. The number of hydrogen-bond donors (Lipinski definition) is 1. The van der Waals surface area contributed by atoms with Crippen LogP contribution in [0, 0.1) is 0 Å². The van der Waals surface area contributed by atoms with Crippen LogP contribution in [0.1, 0.15) is 19.3 Å². The predicted octanol–water partition coefficient (Wildman–Crippen LogP) is -0.216. The molecule has 6 nitrogen and oxygen atoms in total. The summed E-state index contributed by atoms with van der Waals surface area (Å²) in [5, 5.41) is 8.84. The molecule has 0 aromatic rings. The van der Waals surface area contributed by atoms with Gasteiger partial charge in [0.05, 0.1) is 26.2 Å². The first-order valence-corrected chi connectivity index (χ1v) is 6.48. The summed E-state index contributed by atoms with van der Waals surface area (Å²) in [4.78, 5) is 26.6. The predicted molar refractivity (Wildman–Crippen MR) is 64.2 cm³/mol. The maximum atomic E-state index is 12.1. The molecule has 2 fully saturated rings. The van der Waals surface area contributed by atoms with Crippen molar-refractivity contribution in [2.45, 2.75) is 25.3 Å². The summed E-state index contributed by atoms with van der Waals surface area (Å²) in [5.41, 5.74) is 0. The molecule has 2 heterocycles. The lowest BCUT2D eigenvalue weighted by Gasteiger charge is -2.30. The van der Waals surface area contributed by atoms with E-state index in [9.17, 15) is 9.59 Å². The zero-order valence-electron chi connectivity index (χ0n) is 10.5. The monoisotopic (exact) mass is 256 g/mol. The highest BCUT2D eigenvalue weighted by Gasteiger charge is 2.29. The Labute approximate surface area is 106 Å². The molecule has 0 bridgehead atoms. The van der Waals surface area contributed by atoms with Crippen molar-refractivity contribution in [3.05, 3.63) is 0 Å². The van der Waals surface area contributed by atoms with E-state index in [1.54, 1.807) is 4.90 Å². The van der Waals surface area contributed by atoms with Crippen LogP contribution in [-0.4, -0.2) is 72.2 Å². The number of hydrogen-bond acceptors (Lipinski definition) is 4. The third-order valence-electron chi connectivity index (χ3n) is 3.61. The summed E-state index contributed by atoms with van der Waals surface area (Å²) in [7, 11) is 0. The second kappa shape index (κ2) is 6.15. The first-order valence-electron chi connectivity index (χ1n) is 6.48. The van der Waals surface area contributed by atoms with Gasteiger partial charge < -0.3 is 14.7 Å². The van der Waals surface area contributed by atoms with E-state index in [1.165, 1.54) is 0 Å². The molecule has 0 saturated carbocycles. The van der Waals surface area contributed by atoms with Gasteiger partial charge in [0.2, 0.25) is 5.91 Å². The SMILES string of the molecule is O=C(O)CC1CCCN1CC(=O)N1CCOCC1. The second-order valence-corrected chi connectivity index (χ2v) is 4.86. The topological polar surface area (TPSA) is 70.1 Å². The van der Waals surface area contributed by atoms with Crippen LogP contribution in [-0.2, 0) is 14.3 Å². The molecular formula is C12H20N2O4. The Morgan fingerprint density at radius 1 is 1.22 bits per heavy atom. The van der Waals surface area contributed by atoms with E-state index in [0.717, 1.165) is 19.4 Å². The van der Waals surface area contributed by atoms with E-state index in [4.69, 9.17) is 9.84 Å². The number of rotatable bonds is 4. The standard InChI is InChI=1S/C12H20N2O4/c15-11(13-4-6-18-7-5-13)9-14-3-1-2-10(14)8-12(16)17/h10H,1-9H2,(H,16,17). The number of morpholine rings is 1. The summed E-state index contributed by atoms with van der Waals surface area (Å²) < 4.78 is 5.21. The molecular weight excluding hydrogens is 236 g/mol. The number of carbonyl (C=O) groups excluding carboxylic acids is 1. The lowest BCUT2D eigenvalue weighted by Crippen LogP contribution is -2.47. The van der Waals surface area contributed by atoms with Gasteiger partial charge in [0, 0.05) is 19.1 Å². The number of nitrogens with zero attached hydrogens (tertiary/aromatic N) is 2. The Morgan fingerprint density at radius 3 is 2.61 bits per heavy atom. The van der Waals surface area contributed by atoms with Gasteiger partial charge in [-0.15, -0.1) is 0 Å². The van der Waals surface area contributed by atoms with Gasteiger partial charge in [-0.25, -0.2) is 0 Å². The number of aliphatic carboxylic acids is 1. The van der Waals surface area contributed by atoms with Crippen LogP contribution >= 0.6 is 0 Å². The average molecular weight is 256 g/mol. The average Bonchev–Trinajstić information content (AvgIpc) is 2.77. The summed E-state index contributed by atoms with van der Waals surface area (Å²) in [5.74, 6) is -0.693. The zero-order valence-corrected chi connectivity index (χ0v) is 10.5. The van der Waals surface area contributed by atoms with Crippen molar-refractivity contribution < 1.29 is 19.4 Å². The lowest BCUT2D eigenvalue weighted by molar-refractivity contribution is -0.140. The number of ether oxygens (including phenoxy) is 1. The van der Waals surface area contributed by atoms with Crippen LogP contribution in [0.25, 0.3) is 0 Å². The van der Waals surface area contributed by atoms with Gasteiger partial charge in [0.1, 0.15) is 0 Å². The largest absolute Gasteiger partial charge is 0.481 e. The first-order chi connectivity index (χ1) is 8.66. The molecule has 18 heavy (non-hydrogen) atoms. The van der Waals surface area contributed by atoms with Gasteiger partial charge in [-0.05, 0) is 19.4 Å². The highest BCUT2D eigenvalue weighted by Crippen LogP contribution is 2.20. The maximum Gasteiger partial charge on any atom is 0.304 e. The zero-order chi connectivity index (χ0) is 13.0. The number of likely N-dealkylation sites (tertiary alicyclic amines) is 1.